The zero-order chi connectivity index (χ0) is 16.5. The number of amides is 1. The van der Waals surface area contributed by atoms with Crippen LogP contribution in [-0.2, 0) is 4.79 Å². The summed E-state index contributed by atoms with van der Waals surface area (Å²) in [7, 11) is 0. The van der Waals surface area contributed by atoms with Crippen LogP contribution in [0, 0.1) is 5.41 Å². The second-order valence-electron chi connectivity index (χ2n) is 5.70. The number of rotatable bonds is 11. The highest BCUT2D eigenvalue weighted by Gasteiger charge is 2.38. The molecule has 0 radical (unpaired) electrons. The number of carbonyl (C=O) groups is 1. The van der Waals surface area contributed by atoms with Crippen molar-refractivity contribution in [3.05, 3.63) is 0 Å². The summed E-state index contributed by atoms with van der Waals surface area (Å²) in [6.07, 6.45) is 3.36. The highest BCUT2D eigenvalue weighted by Crippen LogP contribution is 2.27. The summed E-state index contributed by atoms with van der Waals surface area (Å²) < 4.78 is 0. The number of nitrogens with one attached hydrogen (secondary N) is 1. The highest BCUT2D eigenvalue weighted by molar-refractivity contribution is 7.80. The van der Waals surface area contributed by atoms with Crippen molar-refractivity contribution in [1.29, 1.82) is 0 Å². The predicted molar refractivity (Wildman–Crippen MR) is 94.4 cm³/mol. The van der Waals surface area contributed by atoms with Gasteiger partial charge in [-0.3, -0.25) is 4.79 Å². The molecular weight excluding hydrogens is 282 g/mol. The van der Waals surface area contributed by atoms with Gasteiger partial charge in [0.2, 0.25) is 5.91 Å². The highest BCUT2D eigenvalue weighted by atomic mass is 32.1. The molecule has 3 N–H and O–H groups in total. The fraction of sp³-hybridized carbons (Fsp3) is 0.875. The van der Waals surface area contributed by atoms with Crippen molar-refractivity contribution in [3.63, 3.8) is 0 Å². The van der Waals surface area contributed by atoms with E-state index in [2.05, 4.69) is 31.0 Å². The molecule has 0 spiro atoms. The second-order valence-corrected chi connectivity index (χ2v) is 6.14. The molecular formula is C16H33N3OS. The Kier molecular flexibility index (Phi) is 9.79. The van der Waals surface area contributed by atoms with Crippen LogP contribution in [-0.4, -0.2) is 41.5 Å². The number of hydrogen-bond acceptors (Lipinski definition) is 3. The first kappa shape index (κ1) is 20.3. The Balaban J connectivity index is 4.40. The lowest BCUT2D eigenvalue weighted by Crippen LogP contribution is -2.50. The summed E-state index contributed by atoms with van der Waals surface area (Å²) >= 11 is 5.12. The van der Waals surface area contributed by atoms with E-state index < -0.39 is 5.41 Å². The predicted octanol–water partition coefficient (Wildman–Crippen LogP) is 2.71. The van der Waals surface area contributed by atoms with E-state index in [0.717, 1.165) is 32.5 Å². The van der Waals surface area contributed by atoms with Gasteiger partial charge in [0.15, 0.2) is 0 Å². The first-order valence-corrected chi connectivity index (χ1v) is 8.61. The SMILES string of the molecule is CCN(CC)CCCC(C)NC(=O)C(CC)(CC)C(N)=S. The molecule has 0 bridgehead atoms. The summed E-state index contributed by atoms with van der Waals surface area (Å²) in [5, 5.41) is 3.09. The Morgan fingerprint density at radius 3 is 2.14 bits per heavy atom. The van der Waals surface area contributed by atoms with E-state index in [4.69, 9.17) is 18.0 Å². The Morgan fingerprint density at radius 2 is 1.76 bits per heavy atom. The molecule has 0 heterocycles. The van der Waals surface area contributed by atoms with Crippen LogP contribution in [0.3, 0.4) is 0 Å². The summed E-state index contributed by atoms with van der Waals surface area (Å²) in [6.45, 7) is 13.6. The third-order valence-electron chi connectivity index (χ3n) is 4.50. The standard InChI is InChI=1S/C16H33N3OS/c1-6-16(7-2,14(17)21)15(20)18-13(5)11-10-12-19(8-3)9-4/h13H,6-12H2,1-5H3,(H2,17,21)(H,18,20). The summed E-state index contributed by atoms with van der Waals surface area (Å²) in [5.74, 6) is -0.0182. The second kappa shape index (κ2) is 10.1. The normalized spacial score (nSPS) is 13.2. The zero-order valence-corrected chi connectivity index (χ0v) is 15.2. The first-order chi connectivity index (χ1) is 9.87. The van der Waals surface area contributed by atoms with E-state index >= 15 is 0 Å². The molecule has 0 fully saturated rings. The number of carbonyl (C=O) groups excluding carboxylic acids is 1. The molecule has 1 unspecified atom stereocenters. The molecule has 0 aromatic rings. The number of nitrogens with two attached hydrogens (primary N) is 1. The molecule has 0 aliphatic carbocycles. The van der Waals surface area contributed by atoms with E-state index in [9.17, 15) is 4.79 Å². The van der Waals surface area contributed by atoms with Gasteiger partial charge in [0.05, 0.1) is 10.4 Å². The van der Waals surface area contributed by atoms with Crippen LogP contribution in [0.1, 0.15) is 60.3 Å². The Morgan fingerprint density at radius 1 is 1.24 bits per heavy atom. The minimum absolute atomic E-state index is 0.0182. The van der Waals surface area contributed by atoms with Crippen LogP contribution in [0.5, 0.6) is 0 Å². The van der Waals surface area contributed by atoms with Crippen LogP contribution in [0.2, 0.25) is 0 Å². The van der Waals surface area contributed by atoms with Gasteiger partial charge in [0.25, 0.3) is 0 Å². The van der Waals surface area contributed by atoms with Crippen LogP contribution >= 0.6 is 12.2 Å². The van der Waals surface area contributed by atoms with Gasteiger partial charge in [-0.05, 0) is 52.2 Å². The number of thiocarbonyl (C=S) groups is 1. The number of hydrogen-bond donors (Lipinski definition) is 2. The quantitative estimate of drug-likeness (QED) is 0.576. The van der Waals surface area contributed by atoms with Crippen LogP contribution in [0.25, 0.3) is 0 Å². The van der Waals surface area contributed by atoms with Crippen molar-refractivity contribution in [1.82, 2.24) is 10.2 Å². The fourth-order valence-corrected chi connectivity index (χ4v) is 3.01. The van der Waals surface area contributed by atoms with Crippen molar-refractivity contribution in [2.24, 2.45) is 11.1 Å². The van der Waals surface area contributed by atoms with Crippen molar-refractivity contribution in [2.45, 2.75) is 66.3 Å². The lowest BCUT2D eigenvalue weighted by molar-refractivity contribution is -0.128. The Bertz CT molecular complexity index is 325. The average molecular weight is 316 g/mol. The summed E-state index contributed by atoms with van der Waals surface area (Å²) in [4.78, 5) is 15.2. The van der Waals surface area contributed by atoms with Gasteiger partial charge in [-0.15, -0.1) is 0 Å². The lowest BCUT2D eigenvalue weighted by atomic mass is 9.81. The minimum Gasteiger partial charge on any atom is -0.392 e. The first-order valence-electron chi connectivity index (χ1n) is 8.21. The molecule has 0 saturated carbocycles. The van der Waals surface area contributed by atoms with Crippen molar-refractivity contribution in [2.75, 3.05) is 19.6 Å². The molecule has 4 nitrogen and oxygen atoms in total. The van der Waals surface area contributed by atoms with Crippen molar-refractivity contribution >= 4 is 23.1 Å². The molecule has 0 aliphatic rings. The fourth-order valence-electron chi connectivity index (χ4n) is 2.63. The maximum atomic E-state index is 12.5. The van der Waals surface area contributed by atoms with Crippen LogP contribution in [0.4, 0.5) is 0 Å². The van der Waals surface area contributed by atoms with E-state index in [1.54, 1.807) is 0 Å². The molecule has 21 heavy (non-hydrogen) atoms. The maximum absolute atomic E-state index is 12.5. The number of nitrogens with zero attached hydrogens (tertiary/aromatic N) is 1. The monoisotopic (exact) mass is 315 g/mol. The van der Waals surface area contributed by atoms with Gasteiger partial charge < -0.3 is 16.0 Å². The average Bonchev–Trinajstić information content (AvgIpc) is 2.45. The topological polar surface area (TPSA) is 58.4 Å². The minimum atomic E-state index is -0.692. The van der Waals surface area contributed by atoms with E-state index in [1.165, 1.54) is 0 Å². The molecule has 1 amide bonds. The lowest BCUT2D eigenvalue weighted by Gasteiger charge is -2.30. The van der Waals surface area contributed by atoms with Crippen molar-refractivity contribution < 1.29 is 4.79 Å². The van der Waals surface area contributed by atoms with Gasteiger partial charge in [0, 0.05) is 6.04 Å². The largest absolute Gasteiger partial charge is 0.392 e. The maximum Gasteiger partial charge on any atom is 0.233 e. The molecule has 124 valence electrons. The molecule has 0 saturated heterocycles. The molecule has 0 aliphatic heterocycles. The van der Waals surface area contributed by atoms with Gasteiger partial charge >= 0.3 is 0 Å². The van der Waals surface area contributed by atoms with E-state index in [0.29, 0.717) is 17.8 Å². The molecule has 1 atom stereocenters. The van der Waals surface area contributed by atoms with Crippen LogP contribution in [0.15, 0.2) is 0 Å². The molecule has 0 aromatic heterocycles. The van der Waals surface area contributed by atoms with Gasteiger partial charge in [-0.1, -0.05) is 39.9 Å². The van der Waals surface area contributed by atoms with E-state index in [1.807, 2.05) is 13.8 Å². The van der Waals surface area contributed by atoms with E-state index in [-0.39, 0.29) is 11.9 Å². The smallest absolute Gasteiger partial charge is 0.233 e. The van der Waals surface area contributed by atoms with Crippen LogP contribution < -0.4 is 11.1 Å². The van der Waals surface area contributed by atoms with Gasteiger partial charge in [-0.2, -0.15) is 0 Å². The molecule has 5 heteroatoms. The molecule has 0 rings (SSSR count). The van der Waals surface area contributed by atoms with Crippen molar-refractivity contribution in [3.8, 4) is 0 Å². The van der Waals surface area contributed by atoms with Gasteiger partial charge in [0.1, 0.15) is 0 Å². The Labute approximate surface area is 135 Å². The Hall–Kier alpha value is -0.680. The van der Waals surface area contributed by atoms with Gasteiger partial charge in [-0.25, -0.2) is 0 Å². The summed E-state index contributed by atoms with van der Waals surface area (Å²) in [5.41, 5.74) is 5.12. The summed E-state index contributed by atoms with van der Waals surface area (Å²) in [6, 6.07) is 0.153. The third kappa shape index (κ3) is 5.91. The zero-order valence-electron chi connectivity index (χ0n) is 14.4. The third-order valence-corrected chi connectivity index (χ3v) is 4.89. The molecule has 0 aromatic carbocycles.